The molecule has 0 fully saturated rings. The number of allylic oxidation sites excluding steroid dienone is 1. The van der Waals surface area contributed by atoms with Crippen LogP contribution in [0.25, 0.3) is 0 Å². The lowest BCUT2D eigenvalue weighted by molar-refractivity contribution is 0.0113. The molecular weight excluding hydrogens is 157 g/mol. The zero-order valence-corrected chi connectivity index (χ0v) is 7.79. The molecule has 0 saturated heterocycles. The minimum absolute atomic E-state index is 0.0658. The van der Waals surface area contributed by atoms with E-state index in [1.807, 2.05) is 6.92 Å². The van der Waals surface area contributed by atoms with Gasteiger partial charge in [-0.3, -0.25) is 0 Å². The van der Waals surface area contributed by atoms with Gasteiger partial charge in [-0.1, -0.05) is 13.5 Å². The lowest BCUT2D eigenvalue weighted by Crippen LogP contribution is -2.25. The van der Waals surface area contributed by atoms with Crippen molar-refractivity contribution in [2.45, 2.75) is 13.3 Å². The van der Waals surface area contributed by atoms with Crippen LogP contribution in [0.3, 0.4) is 0 Å². The Morgan fingerprint density at radius 2 is 2.17 bits per heavy atom. The Balaban J connectivity index is 3.44. The summed E-state index contributed by atoms with van der Waals surface area (Å²) in [5, 5.41) is 0. The van der Waals surface area contributed by atoms with Gasteiger partial charge >= 0.3 is 6.09 Å². The van der Waals surface area contributed by atoms with Gasteiger partial charge in [0.15, 0.2) is 0 Å². The molecule has 0 saturated carbocycles. The van der Waals surface area contributed by atoms with Crippen LogP contribution in [0.15, 0.2) is 12.3 Å². The van der Waals surface area contributed by atoms with Gasteiger partial charge in [0.25, 0.3) is 0 Å². The van der Waals surface area contributed by atoms with Crippen molar-refractivity contribution in [1.29, 1.82) is 0 Å². The molecule has 12 heavy (non-hydrogen) atoms. The molecule has 4 nitrogen and oxygen atoms in total. The van der Waals surface area contributed by atoms with Crippen molar-refractivity contribution < 1.29 is 14.3 Å². The number of hydrogen-bond donors (Lipinski definition) is 0. The van der Waals surface area contributed by atoms with Gasteiger partial charge in [0.2, 0.25) is 14.8 Å². The quantitative estimate of drug-likeness (QED) is 0.351. The summed E-state index contributed by atoms with van der Waals surface area (Å²) in [6.07, 6.45) is 0.304. The fourth-order valence-corrected chi connectivity index (χ4v) is 0.394. The molecule has 0 aliphatic heterocycles. The normalized spacial score (nSPS) is 8.83. The van der Waals surface area contributed by atoms with Crippen LogP contribution < -0.4 is 0 Å². The van der Waals surface area contributed by atoms with Crippen LogP contribution in [-0.4, -0.2) is 32.7 Å². The molecule has 0 aliphatic rings. The Labute approximate surface area is 73.6 Å². The van der Waals surface area contributed by atoms with Gasteiger partial charge in [-0.15, -0.1) is 0 Å². The van der Waals surface area contributed by atoms with Crippen LogP contribution in [0.2, 0.25) is 0 Å². The van der Waals surface area contributed by atoms with Crippen LogP contribution >= 0.6 is 0 Å². The molecule has 0 aromatic carbocycles. The van der Waals surface area contributed by atoms with E-state index < -0.39 is 6.09 Å². The van der Waals surface area contributed by atoms with E-state index in [2.05, 4.69) is 11.3 Å². The molecule has 0 N–H and O–H groups in total. The predicted molar refractivity (Wildman–Crippen MR) is 48.2 cm³/mol. The van der Waals surface area contributed by atoms with E-state index in [0.717, 1.165) is 6.42 Å². The molecule has 5 heteroatoms. The first-order chi connectivity index (χ1) is 5.57. The summed E-state index contributed by atoms with van der Waals surface area (Å²) < 4.78 is 9.63. The number of ether oxygens (including phenoxy) is 2. The maximum atomic E-state index is 10.8. The molecule has 0 aromatic rings. The summed E-state index contributed by atoms with van der Waals surface area (Å²) in [6.45, 7) is 5.43. The number of carbonyl (C=O) groups is 1. The van der Waals surface area contributed by atoms with Crippen molar-refractivity contribution in [3.8, 4) is 0 Å². The lowest BCUT2D eigenvalue weighted by atomic mass is 10.4. The molecule has 1 amide bonds. The molecule has 68 valence electrons. The second kappa shape index (κ2) is 5.52. The summed E-state index contributed by atoms with van der Waals surface area (Å²) in [5.41, 5.74) is 0. The lowest BCUT2D eigenvalue weighted by Gasteiger charge is -2.12. The molecule has 0 spiro atoms. The SMILES string of the molecule is BN(C)C(=O)OCOC(=C)CC. The summed E-state index contributed by atoms with van der Waals surface area (Å²) in [5.74, 6) is 0.613. The van der Waals surface area contributed by atoms with Crippen LogP contribution in [-0.2, 0) is 9.47 Å². The first kappa shape index (κ1) is 10.9. The zero-order valence-electron chi connectivity index (χ0n) is 7.79. The van der Waals surface area contributed by atoms with Crippen LogP contribution in [0.4, 0.5) is 4.79 Å². The Hall–Kier alpha value is -1.13. The largest absolute Gasteiger partial charge is 0.462 e. The van der Waals surface area contributed by atoms with Crippen molar-refractivity contribution in [3.63, 3.8) is 0 Å². The van der Waals surface area contributed by atoms with Gasteiger partial charge in [0, 0.05) is 6.42 Å². The Morgan fingerprint density at radius 1 is 1.58 bits per heavy atom. The number of amides is 1. The summed E-state index contributed by atoms with van der Waals surface area (Å²) in [4.78, 5) is 12.1. The number of nitrogens with zero attached hydrogens (tertiary/aromatic N) is 1. The van der Waals surface area contributed by atoms with Gasteiger partial charge in [-0.05, 0) is 7.05 Å². The van der Waals surface area contributed by atoms with E-state index in [1.54, 1.807) is 15.0 Å². The van der Waals surface area contributed by atoms with Crippen molar-refractivity contribution in [2.24, 2.45) is 0 Å². The predicted octanol–water partition coefficient (Wildman–Crippen LogP) is 0.501. The highest BCUT2D eigenvalue weighted by Crippen LogP contribution is 1.98. The molecule has 0 atom stereocenters. The van der Waals surface area contributed by atoms with Crippen LogP contribution in [0.5, 0.6) is 0 Å². The standard InChI is InChI=1S/C7H14BNO3/c1-4-6(2)11-5-12-7(10)9(3)8/h2,4-5,8H2,1,3H3. The van der Waals surface area contributed by atoms with Crippen molar-refractivity contribution >= 4 is 14.1 Å². The highest BCUT2D eigenvalue weighted by molar-refractivity contribution is 6.12. The van der Waals surface area contributed by atoms with Crippen molar-refractivity contribution in [3.05, 3.63) is 12.3 Å². The van der Waals surface area contributed by atoms with Gasteiger partial charge < -0.3 is 14.3 Å². The Kier molecular flexibility index (Phi) is 5.00. The molecular formula is C7H14BNO3. The Morgan fingerprint density at radius 3 is 2.58 bits per heavy atom. The molecule has 0 unspecified atom stereocenters. The van der Waals surface area contributed by atoms with Gasteiger partial charge in [0.1, 0.15) is 0 Å². The first-order valence-corrected chi connectivity index (χ1v) is 3.72. The van der Waals surface area contributed by atoms with E-state index in [1.165, 1.54) is 4.81 Å². The third-order valence-electron chi connectivity index (χ3n) is 1.20. The van der Waals surface area contributed by atoms with Crippen LogP contribution in [0.1, 0.15) is 13.3 Å². The second-order valence-electron chi connectivity index (χ2n) is 2.46. The third kappa shape index (κ3) is 4.65. The Bertz CT molecular complexity index is 170. The van der Waals surface area contributed by atoms with Crippen LogP contribution in [0, 0.1) is 0 Å². The summed E-state index contributed by atoms with van der Waals surface area (Å²) in [6, 6.07) is 0. The van der Waals surface area contributed by atoms with Crippen molar-refractivity contribution in [2.75, 3.05) is 13.8 Å². The number of rotatable bonds is 4. The monoisotopic (exact) mass is 171 g/mol. The van der Waals surface area contributed by atoms with E-state index >= 15 is 0 Å². The number of hydrogen-bond acceptors (Lipinski definition) is 3. The third-order valence-corrected chi connectivity index (χ3v) is 1.20. The summed E-state index contributed by atoms with van der Waals surface area (Å²) >= 11 is 0. The fourth-order valence-electron chi connectivity index (χ4n) is 0.394. The minimum atomic E-state index is -0.418. The van der Waals surface area contributed by atoms with E-state index in [9.17, 15) is 4.79 Å². The summed E-state index contributed by atoms with van der Waals surface area (Å²) in [7, 11) is 3.22. The second-order valence-corrected chi connectivity index (χ2v) is 2.46. The topological polar surface area (TPSA) is 38.8 Å². The molecule has 0 aromatic heterocycles. The molecule has 0 bridgehead atoms. The smallest absolute Gasteiger partial charge is 0.399 e. The first-order valence-electron chi connectivity index (χ1n) is 3.72. The van der Waals surface area contributed by atoms with Gasteiger partial charge in [-0.2, -0.15) is 0 Å². The average Bonchev–Trinajstić information content (AvgIpc) is 2.03. The fraction of sp³-hybridized carbons (Fsp3) is 0.571. The highest BCUT2D eigenvalue weighted by Gasteiger charge is 2.03. The average molecular weight is 171 g/mol. The van der Waals surface area contributed by atoms with E-state index in [0.29, 0.717) is 5.76 Å². The molecule has 0 aliphatic carbocycles. The zero-order chi connectivity index (χ0) is 9.56. The van der Waals surface area contributed by atoms with Gasteiger partial charge in [0.05, 0.1) is 5.76 Å². The molecule has 0 rings (SSSR count). The minimum Gasteiger partial charge on any atom is -0.462 e. The molecule has 0 heterocycles. The van der Waals surface area contributed by atoms with E-state index in [-0.39, 0.29) is 6.79 Å². The maximum absolute atomic E-state index is 10.8. The highest BCUT2D eigenvalue weighted by atomic mass is 16.7. The van der Waals surface area contributed by atoms with E-state index in [4.69, 9.17) is 4.74 Å². The van der Waals surface area contributed by atoms with Gasteiger partial charge in [-0.25, -0.2) is 4.79 Å². The van der Waals surface area contributed by atoms with Crippen molar-refractivity contribution in [1.82, 2.24) is 4.81 Å². The molecule has 0 radical (unpaired) electrons. The number of carbonyl (C=O) groups excluding carboxylic acids is 1. The maximum Gasteiger partial charge on any atom is 0.399 e.